The van der Waals surface area contributed by atoms with Crippen LogP contribution in [0.5, 0.6) is 0 Å². The Hall–Kier alpha value is -2.41. The van der Waals surface area contributed by atoms with E-state index in [-0.39, 0.29) is 5.91 Å². The van der Waals surface area contributed by atoms with E-state index >= 15 is 0 Å². The molecule has 2 aromatic rings. The van der Waals surface area contributed by atoms with Crippen molar-refractivity contribution in [1.29, 1.82) is 0 Å². The Morgan fingerprint density at radius 3 is 3.00 bits per heavy atom. The minimum absolute atomic E-state index is 0.213. The topological polar surface area (TPSA) is 70.2 Å². The maximum atomic E-state index is 12.9. The average Bonchev–Trinajstić information content (AvgIpc) is 3.12. The van der Waals surface area contributed by atoms with Gasteiger partial charge in [-0.3, -0.25) is 9.79 Å². The molecule has 3 heterocycles. The molecule has 1 aromatic carbocycles. The number of amidine groups is 1. The number of amides is 1. The summed E-state index contributed by atoms with van der Waals surface area (Å²) >= 11 is 3.43. The number of aryl methyl sites for hydroxylation is 2. The molecule has 0 saturated carbocycles. The van der Waals surface area contributed by atoms with Crippen LogP contribution in [0, 0.1) is 13.8 Å². The van der Waals surface area contributed by atoms with E-state index in [0.29, 0.717) is 29.3 Å². The monoisotopic (exact) mass is 386 g/mol. The third-order valence-corrected chi connectivity index (χ3v) is 4.64. The second-order valence-corrected chi connectivity index (χ2v) is 6.69. The SMILES string of the molecule is Cc1cc(Br)ccc1NC(=O)c1c(C)oc2c1C1=NCCN1C=N2. The van der Waals surface area contributed by atoms with E-state index in [1.807, 2.05) is 30.0 Å². The van der Waals surface area contributed by atoms with Gasteiger partial charge in [0.1, 0.15) is 17.9 Å². The van der Waals surface area contributed by atoms with Crippen molar-refractivity contribution < 1.29 is 9.21 Å². The molecule has 7 heteroatoms. The molecule has 1 N–H and O–H groups in total. The molecule has 0 saturated heterocycles. The molecule has 0 unspecified atom stereocenters. The fraction of sp³-hybridized carbons (Fsp3) is 0.235. The standard InChI is InChI=1S/C17H15BrN4O2/c1-9-7-11(18)3-4-12(9)21-16(23)13-10(2)24-17-14(13)15-19-5-6-22(15)8-20-17/h3-4,7-8H,5-6H2,1-2H3,(H,21,23). The van der Waals surface area contributed by atoms with Gasteiger partial charge in [0, 0.05) is 16.7 Å². The van der Waals surface area contributed by atoms with E-state index in [1.54, 1.807) is 13.3 Å². The number of nitrogens with zero attached hydrogens (tertiary/aromatic N) is 3. The molecule has 2 aliphatic heterocycles. The van der Waals surface area contributed by atoms with Crippen LogP contribution in [0.3, 0.4) is 0 Å². The summed E-state index contributed by atoms with van der Waals surface area (Å²) in [4.78, 5) is 23.6. The number of nitrogens with one attached hydrogen (secondary N) is 1. The van der Waals surface area contributed by atoms with Crippen LogP contribution in [-0.2, 0) is 0 Å². The molecule has 0 bridgehead atoms. The van der Waals surface area contributed by atoms with Crippen molar-refractivity contribution in [1.82, 2.24) is 4.90 Å². The van der Waals surface area contributed by atoms with Crippen LogP contribution < -0.4 is 5.32 Å². The van der Waals surface area contributed by atoms with Gasteiger partial charge in [-0.1, -0.05) is 15.9 Å². The first-order valence-electron chi connectivity index (χ1n) is 7.61. The lowest BCUT2D eigenvalue weighted by molar-refractivity contribution is 0.102. The Morgan fingerprint density at radius 1 is 1.38 bits per heavy atom. The van der Waals surface area contributed by atoms with Gasteiger partial charge in [-0.05, 0) is 37.6 Å². The van der Waals surface area contributed by atoms with Crippen molar-refractivity contribution in [3.63, 3.8) is 0 Å². The van der Waals surface area contributed by atoms with E-state index in [0.717, 1.165) is 28.1 Å². The molecule has 4 rings (SSSR count). The predicted molar refractivity (Wildman–Crippen MR) is 96.5 cm³/mol. The van der Waals surface area contributed by atoms with Gasteiger partial charge in [0.2, 0.25) is 5.88 Å². The Labute approximate surface area is 147 Å². The molecule has 0 fully saturated rings. The maximum absolute atomic E-state index is 12.9. The quantitative estimate of drug-likeness (QED) is 0.855. The zero-order valence-electron chi connectivity index (χ0n) is 13.3. The van der Waals surface area contributed by atoms with Crippen LogP contribution in [0.25, 0.3) is 0 Å². The number of fused-ring (bicyclic) bond motifs is 3. The van der Waals surface area contributed by atoms with Crippen molar-refractivity contribution in [3.05, 3.63) is 45.1 Å². The summed E-state index contributed by atoms with van der Waals surface area (Å²) in [5.41, 5.74) is 2.92. The van der Waals surface area contributed by atoms with E-state index < -0.39 is 0 Å². The summed E-state index contributed by atoms with van der Waals surface area (Å²) in [5, 5.41) is 2.97. The number of benzene rings is 1. The molecule has 0 atom stereocenters. The molecule has 2 aliphatic rings. The fourth-order valence-corrected chi connectivity index (χ4v) is 3.45. The fourth-order valence-electron chi connectivity index (χ4n) is 2.97. The van der Waals surface area contributed by atoms with Gasteiger partial charge in [-0.15, -0.1) is 0 Å². The van der Waals surface area contributed by atoms with Crippen LogP contribution in [0.15, 0.2) is 37.1 Å². The molecule has 6 nitrogen and oxygen atoms in total. The van der Waals surface area contributed by atoms with E-state index in [1.165, 1.54) is 0 Å². The molecule has 0 aliphatic carbocycles. The molecule has 1 amide bonds. The Morgan fingerprint density at radius 2 is 2.21 bits per heavy atom. The number of anilines is 1. The van der Waals surface area contributed by atoms with Crippen molar-refractivity contribution in [2.45, 2.75) is 13.8 Å². The van der Waals surface area contributed by atoms with Gasteiger partial charge in [0.15, 0.2) is 0 Å². The largest absolute Gasteiger partial charge is 0.442 e. The van der Waals surface area contributed by atoms with Crippen LogP contribution in [-0.4, -0.2) is 36.1 Å². The minimum atomic E-state index is -0.213. The van der Waals surface area contributed by atoms with Gasteiger partial charge in [-0.25, -0.2) is 4.99 Å². The number of hydrogen-bond acceptors (Lipinski definition) is 5. The van der Waals surface area contributed by atoms with Crippen molar-refractivity contribution in [2.24, 2.45) is 9.98 Å². The van der Waals surface area contributed by atoms with Gasteiger partial charge in [0.05, 0.1) is 17.7 Å². The number of halogens is 1. The van der Waals surface area contributed by atoms with Crippen molar-refractivity contribution in [2.75, 3.05) is 18.4 Å². The highest BCUT2D eigenvalue weighted by Crippen LogP contribution is 2.35. The molecule has 1 aromatic heterocycles. The first kappa shape index (κ1) is 15.1. The number of aliphatic imine (C=N–C) groups is 2. The molecular weight excluding hydrogens is 372 g/mol. The van der Waals surface area contributed by atoms with Crippen molar-refractivity contribution in [3.8, 4) is 0 Å². The lowest BCUT2D eigenvalue weighted by atomic mass is 10.1. The summed E-state index contributed by atoms with van der Waals surface area (Å²) in [6.07, 6.45) is 1.71. The van der Waals surface area contributed by atoms with Crippen molar-refractivity contribution >= 4 is 45.6 Å². The Kier molecular flexibility index (Phi) is 3.53. The smallest absolute Gasteiger partial charge is 0.260 e. The highest BCUT2D eigenvalue weighted by Gasteiger charge is 2.33. The average molecular weight is 387 g/mol. The highest BCUT2D eigenvalue weighted by molar-refractivity contribution is 9.10. The third kappa shape index (κ3) is 2.36. The second kappa shape index (κ2) is 5.59. The van der Waals surface area contributed by atoms with Gasteiger partial charge < -0.3 is 14.6 Å². The Bertz CT molecular complexity index is 914. The summed E-state index contributed by atoms with van der Waals surface area (Å²) in [6, 6.07) is 5.73. The lowest BCUT2D eigenvalue weighted by Gasteiger charge is -2.18. The molecule has 0 spiro atoms. The number of hydrogen-bond donors (Lipinski definition) is 1. The van der Waals surface area contributed by atoms with Gasteiger partial charge in [0.25, 0.3) is 5.91 Å². The maximum Gasteiger partial charge on any atom is 0.260 e. The molecule has 24 heavy (non-hydrogen) atoms. The number of rotatable bonds is 2. The predicted octanol–water partition coefficient (Wildman–Crippen LogP) is 3.65. The van der Waals surface area contributed by atoms with E-state index in [4.69, 9.17) is 4.42 Å². The number of carbonyl (C=O) groups excluding carboxylic acids is 1. The Balaban J connectivity index is 1.74. The third-order valence-electron chi connectivity index (χ3n) is 4.14. The summed E-state index contributed by atoms with van der Waals surface area (Å²) in [6.45, 7) is 5.19. The van der Waals surface area contributed by atoms with Crippen LogP contribution >= 0.6 is 15.9 Å². The van der Waals surface area contributed by atoms with Crippen LogP contribution in [0.1, 0.15) is 27.2 Å². The normalized spacial score (nSPS) is 15.1. The van der Waals surface area contributed by atoms with Crippen LogP contribution in [0.2, 0.25) is 0 Å². The van der Waals surface area contributed by atoms with E-state index in [2.05, 4.69) is 31.2 Å². The lowest BCUT2D eigenvalue weighted by Crippen LogP contribution is -2.30. The second-order valence-electron chi connectivity index (χ2n) is 5.77. The summed E-state index contributed by atoms with van der Waals surface area (Å²) in [7, 11) is 0. The molecule has 0 radical (unpaired) electrons. The zero-order valence-corrected chi connectivity index (χ0v) is 14.8. The van der Waals surface area contributed by atoms with Crippen LogP contribution in [0.4, 0.5) is 11.6 Å². The van der Waals surface area contributed by atoms with Gasteiger partial charge >= 0.3 is 0 Å². The number of carbonyl (C=O) groups is 1. The minimum Gasteiger partial charge on any atom is -0.442 e. The first-order chi connectivity index (χ1) is 11.5. The molecule has 122 valence electrons. The summed E-state index contributed by atoms with van der Waals surface area (Å²) < 4.78 is 6.65. The van der Waals surface area contributed by atoms with Gasteiger partial charge in [-0.2, -0.15) is 0 Å². The molecular formula is C17H15BrN4O2. The zero-order chi connectivity index (χ0) is 16.8. The van der Waals surface area contributed by atoms with E-state index in [9.17, 15) is 4.79 Å². The highest BCUT2D eigenvalue weighted by atomic mass is 79.9. The number of furan rings is 1. The first-order valence-corrected chi connectivity index (χ1v) is 8.40. The summed E-state index contributed by atoms with van der Waals surface area (Å²) in [5.74, 6) is 1.53.